The second kappa shape index (κ2) is 11.0. The van der Waals surface area contributed by atoms with Crippen molar-refractivity contribution in [2.75, 3.05) is 23.7 Å². The maximum absolute atomic E-state index is 12.8. The van der Waals surface area contributed by atoms with E-state index in [2.05, 4.69) is 29.6 Å². The van der Waals surface area contributed by atoms with Gasteiger partial charge in [-0.2, -0.15) is 0 Å². The lowest BCUT2D eigenvalue weighted by atomic mass is 10.1. The van der Waals surface area contributed by atoms with Crippen molar-refractivity contribution in [1.82, 2.24) is 5.32 Å². The second-order valence-corrected chi connectivity index (χ2v) is 9.15. The average molecular weight is 433 g/mol. The number of benzene rings is 2. The van der Waals surface area contributed by atoms with E-state index in [0.29, 0.717) is 31.0 Å². The molecule has 0 spiro atoms. The number of sulfonamides is 1. The average Bonchev–Trinajstić information content (AvgIpc) is 2.70. The quantitative estimate of drug-likeness (QED) is 0.550. The van der Waals surface area contributed by atoms with Gasteiger partial charge in [0.1, 0.15) is 11.8 Å². The van der Waals surface area contributed by atoms with Crippen molar-refractivity contribution in [2.45, 2.75) is 46.1 Å². The lowest BCUT2D eigenvalue weighted by Crippen LogP contribution is -2.49. The van der Waals surface area contributed by atoms with E-state index in [1.54, 1.807) is 24.3 Å². The van der Waals surface area contributed by atoms with Crippen LogP contribution in [0.15, 0.2) is 48.5 Å². The molecule has 0 heterocycles. The van der Waals surface area contributed by atoms with Crippen LogP contribution in [0.5, 0.6) is 5.75 Å². The summed E-state index contributed by atoms with van der Waals surface area (Å²) in [4.78, 5) is 12.8. The van der Waals surface area contributed by atoms with E-state index >= 15 is 0 Å². The summed E-state index contributed by atoms with van der Waals surface area (Å²) >= 11 is 0. The molecule has 2 aromatic rings. The standard InChI is InChI=1S/C23H32N2O4S/c1-5-22(23(26)24-17-7-8-19-11-9-18(3)10-12-19)25(30(4,27)28)20-13-15-21(16-14-20)29-6-2/h9-16,22H,5-8,17H2,1-4H3,(H,24,26)/t22-/m0/s1. The van der Waals surface area contributed by atoms with Crippen molar-refractivity contribution in [3.63, 3.8) is 0 Å². The van der Waals surface area contributed by atoms with Crippen LogP contribution in [0.3, 0.4) is 0 Å². The maximum Gasteiger partial charge on any atom is 0.243 e. The molecule has 0 aliphatic carbocycles. The summed E-state index contributed by atoms with van der Waals surface area (Å²) < 4.78 is 31.6. The molecule has 30 heavy (non-hydrogen) atoms. The molecular weight excluding hydrogens is 400 g/mol. The molecule has 7 heteroatoms. The molecule has 0 fully saturated rings. The first-order valence-corrected chi connectivity index (χ1v) is 12.2. The zero-order valence-electron chi connectivity index (χ0n) is 18.2. The predicted molar refractivity (Wildman–Crippen MR) is 122 cm³/mol. The Bertz CT molecular complexity index is 909. The van der Waals surface area contributed by atoms with Gasteiger partial charge in [-0.05, 0) is 62.9 Å². The fraction of sp³-hybridized carbons (Fsp3) is 0.435. The Morgan fingerprint density at radius 3 is 2.23 bits per heavy atom. The minimum atomic E-state index is -3.65. The lowest BCUT2D eigenvalue weighted by molar-refractivity contribution is -0.122. The van der Waals surface area contributed by atoms with Gasteiger partial charge in [-0.15, -0.1) is 0 Å². The molecule has 1 atom stereocenters. The number of hydrogen-bond acceptors (Lipinski definition) is 4. The van der Waals surface area contributed by atoms with E-state index in [1.807, 2.05) is 20.8 Å². The third-order valence-corrected chi connectivity index (χ3v) is 5.97. The van der Waals surface area contributed by atoms with Gasteiger partial charge in [0.05, 0.1) is 18.6 Å². The van der Waals surface area contributed by atoms with Gasteiger partial charge in [-0.25, -0.2) is 8.42 Å². The molecule has 6 nitrogen and oxygen atoms in total. The van der Waals surface area contributed by atoms with Crippen molar-refractivity contribution >= 4 is 21.6 Å². The molecule has 0 bridgehead atoms. The molecule has 1 N–H and O–H groups in total. The Morgan fingerprint density at radius 2 is 1.70 bits per heavy atom. The Kier molecular flexibility index (Phi) is 8.72. The maximum atomic E-state index is 12.8. The van der Waals surface area contributed by atoms with Gasteiger partial charge >= 0.3 is 0 Å². The Hall–Kier alpha value is -2.54. The van der Waals surface area contributed by atoms with E-state index in [9.17, 15) is 13.2 Å². The molecule has 0 saturated carbocycles. The number of rotatable bonds is 11. The number of amides is 1. The molecule has 0 unspecified atom stereocenters. The first-order chi connectivity index (χ1) is 14.3. The van der Waals surface area contributed by atoms with Crippen molar-refractivity contribution in [1.29, 1.82) is 0 Å². The molecule has 0 radical (unpaired) electrons. The molecule has 164 valence electrons. The molecule has 2 aromatic carbocycles. The zero-order valence-corrected chi connectivity index (χ0v) is 19.0. The minimum absolute atomic E-state index is 0.291. The number of ether oxygens (including phenoxy) is 1. The summed E-state index contributed by atoms with van der Waals surface area (Å²) in [5.41, 5.74) is 2.88. The van der Waals surface area contributed by atoms with Crippen LogP contribution in [-0.2, 0) is 21.2 Å². The van der Waals surface area contributed by atoms with Crippen LogP contribution in [0.25, 0.3) is 0 Å². The molecule has 0 aliphatic heterocycles. The number of anilines is 1. The molecule has 0 aliphatic rings. The Labute approximate surface area is 180 Å². The first kappa shape index (κ1) is 23.7. The zero-order chi connectivity index (χ0) is 22.1. The predicted octanol–water partition coefficient (Wildman–Crippen LogP) is 3.69. The van der Waals surface area contributed by atoms with Crippen molar-refractivity contribution in [2.24, 2.45) is 0 Å². The largest absolute Gasteiger partial charge is 0.494 e. The highest BCUT2D eigenvalue weighted by molar-refractivity contribution is 7.92. The number of carbonyl (C=O) groups is 1. The first-order valence-electron chi connectivity index (χ1n) is 10.3. The molecule has 0 saturated heterocycles. The van der Waals surface area contributed by atoms with E-state index < -0.39 is 16.1 Å². The van der Waals surface area contributed by atoms with Gasteiger partial charge in [-0.1, -0.05) is 36.8 Å². The SMILES string of the molecule is CCOc1ccc(N([C@@H](CC)C(=O)NCCCc2ccc(C)cc2)S(C)(=O)=O)cc1. The number of nitrogens with one attached hydrogen (secondary N) is 1. The summed E-state index contributed by atoms with van der Waals surface area (Å²) in [6, 6.07) is 14.3. The highest BCUT2D eigenvalue weighted by Crippen LogP contribution is 2.25. The van der Waals surface area contributed by atoms with Crippen LogP contribution in [-0.4, -0.2) is 39.8 Å². The molecular formula is C23H32N2O4S. The van der Waals surface area contributed by atoms with E-state index in [-0.39, 0.29) is 5.91 Å². The fourth-order valence-electron chi connectivity index (χ4n) is 3.29. The highest BCUT2D eigenvalue weighted by atomic mass is 32.2. The van der Waals surface area contributed by atoms with Gasteiger partial charge in [0, 0.05) is 6.54 Å². The van der Waals surface area contributed by atoms with Crippen molar-refractivity contribution < 1.29 is 17.9 Å². The minimum Gasteiger partial charge on any atom is -0.494 e. The Balaban J connectivity index is 2.04. The number of hydrogen-bond donors (Lipinski definition) is 1. The van der Waals surface area contributed by atoms with Crippen LogP contribution < -0.4 is 14.4 Å². The smallest absolute Gasteiger partial charge is 0.243 e. The normalized spacial score (nSPS) is 12.3. The van der Waals surface area contributed by atoms with Gasteiger partial charge in [0.25, 0.3) is 0 Å². The van der Waals surface area contributed by atoms with Crippen molar-refractivity contribution in [3.8, 4) is 5.75 Å². The molecule has 2 rings (SSSR count). The highest BCUT2D eigenvalue weighted by Gasteiger charge is 2.31. The fourth-order valence-corrected chi connectivity index (χ4v) is 4.50. The van der Waals surface area contributed by atoms with Gasteiger partial charge in [0.2, 0.25) is 15.9 Å². The lowest BCUT2D eigenvalue weighted by Gasteiger charge is -2.30. The summed E-state index contributed by atoms with van der Waals surface area (Å²) in [5, 5.41) is 2.90. The molecule has 0 aromatic heterocycles. The third kappa shape index (κ3) is 6.76. The summed E-state index contributed by atoms with van der Waals surface area (Å²) in [6.07, 6.45) is 3.13. The van der Waals surface area contributed by atoms with Gasteiger partial charge in [-0.3, -0.25) is 9.10 Å². The van der Waals surface area contributed by atoms with Crippen LogP contribution >= 0.6 is 0 Å². The van der Waals surface area contributed by atoms with Gasteiger partial charge in [0.15, 0.2) is 0 Å². The molecule has 1 amide bonds. The summed E-state index contributed by atoms with van der Waals surface area (Å²) in [6.45, 7) is 6.75. The van der Waals surface area contributed by atoms with Crippen LogP contribution in [0.1, 0.15) is 37.8 Å². The number of nitrogens with zero attached hydrogens (tertiary/aromatic N) is 1. The van der Waals surface area contributed by atoms with E-state index in [0.717, 1.165) is 19.1 Å². The monoisotopic (exact) mass is 432 g/mol. The number of aryl methyl sites for hydroxylation is 2. The van der Waals surface area contributed by atoms with E-state index in [4.69, 9.17) is 4.74 Å². The number of carbonyl (C=O) groups excluding carboxylic acids is 1. The van der Waals surface area contributed by atoms with Crippen LogP contribution in [0, 0.1) is 6.92 Å². The summed E-state index contributed by atoms with van der Waals surface area (Å²) in [5.74, 6) is 0.365. The van der Waals surface area contributed by atoms with Crippen LogP contribution in [0.4, 0.5) is 5.69 Å². The van der Waals surface area contributed by atoms with Crippen LogP contribution in [0.2, 0.25) is 0 Å². The topological polar surface area (TPSA) is 75.7 Å². The Morgan fingerprint density at radius 1 is 1.07 bits per heavy atom. The third-order valence-electron chi connectivity index (χ3n) is 4.79. The van der Waals surface area contributed by atoms with Gasteiger partial charge < -0.3 is 10.1 Å². The van der Waals surface area contributed by atoms with Crippen molar-refractivity contribution in [3.05, 3.63) is 59.7 Å². The van der Waals surface area contributed by atoms with E-state index in [1.165, 1.54) is 15.4 Å². The second-order valence-electron chi connectivity index (χ2n) is 7.29. The summed E-state index contributed by atoms with van der Waals surface area (Å²) in [7, 11) is -3.65.